The second kappa shape index (κ2) is 8.52. The number of benzene rings is 2. The lowest BCUT2D eigenvalue weighted by atomic mass is 9.82. The SMILES string of the molecule is CCOC(=O)COc1cccc(NC(=O)C2CCCc3ccccc32)c1. The lowest BCUT2D eigenvalue weighted by Gasteiger charge is -2.24. The van der Waals surface area contributed by atoms with Gasteiger partial charge in [0.05, 0.1) is 12.5 Å². The summed E-state index contributed by atoms with van der Waals surface area (Å²) in [5.74, 6) is -0.0515. The van der Waals surface area contributed by atoms with E-state index in [-0.39, 0.29) is 18.4 Å². The highest BCUT2D eigenvalue weighted by Gasteiger charge is 2.26. The van der Waals surface area contributed by atoms with Crippen molar-refractivity contribution in [3.05, 3.63) is 59.7 Å². The highest BCUT2D eigenvalue weighted by atomic mass is 16.6. The van der Waals surface area contributed by atoms with Gasteiger partial charge in [-0.15, -0.1) is 0 Å². The second-order valence-corrected chi connectivity index (χ2v) is 6.25. The molecule has 0 heterocycles. The van der Waals surface area contributed by atoms with Crippen LogP contribution in [0.4, 0.5) is 5.69 Å². The van der Waals surface area contributed by atoms with Crippen molar-refractivity contribution in [1.82, 2.24) is 0 Å². The number of carbonyl (C=O) groups excluding carboxylic acids is 2. The molecule has 1 N–H and O–H groups in total. The average molecular weight is 353 g/mol. The Morgan fingerprint density at radius 2 is 2.00 bits per heavy atom. The third-order valence-electron chi connectivity index (χ3n) is 4.45. The van der Waals surface area contributed by atoms with Crippen LogP contribution in [0.25, 0.3) is 0 Å². The molecule has 0 fully saturated rings. The average Bonchev–Trinajstić information content (AvgIpc) is 2.66. The van der Waals surface area contributed by atoms with E-state index in [1.165, 1.54) is 5.56 Å². The van der Waals surface area contributed by atoms with Gasteiger partial charge in [0.1, 0.15) is 5.75 Å². The van der Waals surface area contributed by atoms with E-state index < -0.39 is 5.97 Å². The molecule has 1 atom stereocenters. The molecule has 1 aliphatic carbocycles. The predicted molar refractivity (Wildman–Crippen MR) is 99.3 cm³/mol. The van der Waals surface area contributed by atoms with Gasteiger partial charge in [-0.2, -0.15) is 0 Å². The minimum atomic E-state index is -0.416. The van der Waals surface area contributed by atoms with Crippen molar-refractivity contribution in [3.8, 4) is 5.75 Å². The molecule has 26 heavy (non-hydrogen) atoms. The summed E-state index contributed by atoms with van der Waals surface area (Å²) in [6.45, 7) is 1.92. The Hall–Kier alpha value is -2.82. The molecule has 1 unspecified atom stereocenters. The number of hydrogen-bond donors (Lipinski definition) is 1. The van der Waals surface area contributed by atoms with E-state index in [0.717, 1.165) is 24.8 Å². The van der Waals surface area contributed by atoms with Crippen molar-refractivity contribution >= 4 is 17.6 Å². The number of amides is 1. The summed E-state index contributed by atoms with van der Waals surface area (Å²) in [6, 6.07) is 15.2. The fourth-order valence-corrected chi connectivity index (χ4v) is 3.26. The highest BCUT2D eigenvalue weighted by Crippen LogP contribution is 2.32. The van der Waals surface area contributed by atoms with Gasteiger partial charge < -0.3 is 14.8 Å². The van der Waals surface area contributed by atoms with Gasteiger partial charge in [0.15, 0.2) is 6.61 Å². The molecule has 0 aromatic heterocycles. The number of anilines is 1. The van der Waals surface area contributed by atoms with Crippen LogP contribution >= 0.6 is 0 Å². The Bertz CT molecular complexity index is 787. The fourth-order valence-electron chi connectivity index (χ4n) is 3.26. The first-order chi connectivity index (χ1) is 12.7. The summed E-state index contributed by atoms with van der Waals surface area (Å²) in [7, 11) is 0. The van der Waals surface area contributed by atoms with Crippen molar-refractivity contribution in [1.29, 1.82) is 0 Å². The van der Waals surface area contributed by atoms with Gasteiger partial charge in [-0.1, -0.05) is 30.3 Å². The van der Waals surface area contributed by atoms with Gasteiger partial charge in [-0.3, -0.25) is 4.79 Å². The fraction of sp³-hybridized carbons (Fsp3) is 0.333. The summed E-state index contributed by atoms with van der Waals surface area (Å²) < 4.78 is 10.3. The first-order valence-corrected chi connectivity index (χ1v) is 8.94. The summed E-state index contributed by atoms with van der Waals surface area (Å²) in [4.78, 5) is 24.2. The Morgan fingerprint density at radius 1 is 1.15 bits per heavy atom. The lowest BCUT2D eigenvalue weighted by molar-refractivity contribution is -0.145. The molecular weight excluding hydrogens is 330 g/mol. The van der Waals surface area contributed by atoms with Crippen LogP contribution in [-0.2, 0) is 20.7 Å². The standard InChI is InChI=1S/C21H23NO4/c1-2-25-20(23)14-26-17-10-6-9-16(13-17)22-21(24)19-12-5-8-15-7-3-4-11-18(15)19/h3-4,6-7,9-11,13,19H,2,5,8,12,14H2,1H3,(H,22,24). The van der Waals surface area contributed by atoms with Crippen LogP contribution in [0, 0.1) is 0 Å². The Labute approximate surface area is 153 Å². The minimum Gasteiger partial charge on any atom is -0.482 e. The molecule has 0 aliphatic heterocycles. The number of esters is 1. The molecule has 1 aliphatic rings. The van der Waals surface area contributed by atoms with Crippen LogP contribution in [0.5, 0.6) is 5.75 Å². The molecule has 5 nitrogen and oxygen atoms in total. The van der Waals surface area contributed by atoms with Gasteiger partial charge >= 0.3 is 5.97 Å². The van der Waals surface area contributed by atoms with E-state index in [1.54, 1.807) is 25.1 Å². The van der Waals surface area contributed by atoms with Crippen LogP contribution in [0.15, 0.2) is 48.5 Å². The van der Waals surface area contributed by atoms with Crippen LogP contribution in [0.1, 0.15) is 36.8 Å². The zero-order valence-electron chi connectivity index (χ0n) is 14.9. The number of hydrogen-bond acceptors (Lipinski definition) is 4. The third kappa shape index (κ3) is 4.42. The number of fused-ring (bicyclic) bond motifs is 1. The number of rotatable bonds is 6. The van der Waals surface area contributed by atoms with Crippen LogP contribution in [-0.4, -0.2) is 25.1 Å². The monoisotopic (exact) mass is 353 g/mol. The molecule has 2 aromatic carbocycles. The normalized spacial score (nSPS) is 15.7. The molecule has 2 aromatic rings. The van der Waals surface area contributed by atoms with Crippen LogP contribution in [0.3, 0.4) is 0 Å². The summed E-state index contributed by atoms with van der Waals surface area (Å²) in [5.41, 5.74) is 3.02. The maximum absolute atomic E-state index is 12.8. The first kappa shape index (κ1) is 18.0. The first-order valence-electron chi connectivity index (χ1n) is 8.94. The van der Waals surface area contributed by atoms with Gasteiger partial charge in [0.2, 0.25) is 5.91 Å². The third-order valence-corrected chi connectivity index (χ3v) is 4.45. The molecule has 1 amide bonds. The topological polar surface area (TPSA) is 64.6 Å². The summed E-state index contributed by atoms with van der Waals surface area (Å²) in [6.07, 6.45) is 2.89. The van der Waals surface area contributed by atoms with Crippen molar-refractivity contribution in [2.24, 2.45) is 0 Å². The molecule has 0 spiro atoms. The van der Waals surface area contributed by atoms with E-state index in [9.17, 15) is 9.59 Å². The molecule has 5 heteroatoms. The number of nitrogens with one attached hydrogen (secondary N) is 1. The van der Waals surface area contributed by atoms with Gasteiger partial charge in [0.25, 0.3) is 0 Å². The summed E-state index contributed by atoms with van der Waals surface area (Å²) >= 11 is 0. The Kier molecular flexibility index (Phi) is 5.89. The zero-order chi connectivity index (χ0) is 18.4. The smallest absolute Gasteiger partial charge is 0.344 e. The number of aryl methyl sites for hydroxylation is 1. The quantitative estimate of drug-likeness (QED) is 0.805. The van der Waals surface area contributed by atoms with Crippen LogP contribution in [0.2, 0.25) is 0 Å². The van der Waals surface area contributed by atoms with E-state index >= 15 is 0 Å². The lowest BCUT2D eigenvalue weighted by Crippen LogP contribution is -2.24. The maximum Gasteiger partial charge on any atom is 0.344 e. The number of carbonyl (C=O) groups is 2. The molecule has 3 rings (SSSR count). The van der Waals surface area contributed by atoms with Gasteiger partial charge in [-0.25, -0.2) is 4.79 Å². The summed E-state index contributed by atoms with van der Waals surface area (Å²) in [5, 5.41) is 2.97. The molecule has 0 radical (unpaired) electrons. The maximum atomic E-state index is 12.8. The largest absolute Gasteiger partial charge is 0.482 e. The van der Waals surface area contributed by atoms with Crippen LogP contribution < -0.4 is 10.1 Å². The number of ether oxygens (including phenoxy) is 2. The predicted octanol–water partition coefficient (Wildman–Crippen LogP) is 3.69. The molecule has 0 saturated heterocycles. The molecule has 0 bridgehead atoms. The molecular formula is C21H23NO4. The molecule has 0 saturated carbocycles. The second-order valence-electron chi connectivity index (χ2n) is 6.25. The minimum absolute atomic E-state index is 0.0142. The van der Waals surface area contributed by atoms with E-state index in [2.05, 4.69) is 11.4 Å². The van der Waals surface area contributed by atoms with E-state index in [4.69, 9.17) is 9.47 Å². The van der Waals surface area contributed by atoms with Crippen molar-refractivity contribution in [3.63, 3.8) is 0 Å². The highest BCUT2D eigenvalue weighted by molar-refractivity contribution is 5.96. The van der Waals surface area contributed by atoms with E-state index in [0.29, 0.717) is 18.0 Å². The van der Waals surface area contributed by atoms with Crippen molar-refractivity contribution in [2.45, 2.75) is 32.1 Å². The van der Waals surface area contributed by atoms with Gasteiger partial charge in [-0.05, 0) is 49.4 Å². The Morgan fingerprint density at radius 3 is 2.85 bits per heavy atom. The van der Waals surface area contributed by atoms with Crippen molar-refractivity contribution < 1.29 is 19.1 Å². The van der Waals surface area contributed by atoms with Gasteiger partial charge in [0, 0.05) is 11.8 Å². The van der Waals surface area contributed by atoms with Crippen molar-refractivity contribution in [2.75, 3.05) is 18.5 Å². The molecule has 136 valence electrons. The Balaban J connectivity index is 1.65. The van der Waals surface area contributed by atoms with E-state index in [1.807, 2.05) is 24.3 Å². The zero-order valence-corrected chi connectivity index (χ0v) is 14.9.